The number of carbonyl (C=O) groups is 2. The number of rotatable bonds is 2. The molecule has 0 aliphatic carbocycles. The van der Waals surface area contributed by atoms with E-state index in [9.17, 15) is 14.7 Å². The summed E-state index contributed by atoms with van der Waals surface area (Å²) in [4.78, 5) is 21.7. The van der Waals surface area contributed by atoms with Gasteiger partial charge in [-0.3, -0.25) is 4.79 Å². The van der Waals surface area contributed by atoms with Gasteiger partial charge in [0.1, 0.15) is 6.04 Å². The van der Waals surface area contributed by atoms with Crippen LogP contribution < -0.4 is 11.1 Å². The molecule has 1 fully saturated rings. The molecule has 74 valence electrons. The van der Waals surface area contributed by atoms with Crippen LogP contribution in [-0.4, -0.2) is 42.3 Å². The Labute approximate surface area is 75.0 Å². The van der Waals surface area contributed by atoms with Crippen LogP contribution in [-0.2, 0) is 14.3 Å². The highest BCUT2D eigenvalue weighted by atomic mass is 16.6. The Kier molecular flexibility index (Phi) is 3.35. The summed E-state index contributed by atoms with van der Waals surface area (Å²) in [7, 11) is 0. The third-order valence-corrected chi connectivity index (χ3v) is 1.82. The molecular formula is C7H12N2O4. The van der Waals surface area contributed by atoms with Crippen LogP contribution >= 0.6 is 0 Å². The Balaban J connectivity index is 2.43. The van der Waals surface area contributed by atoms with E-state index in [2.05, 4.69) is 10.1 Å². The highest BCUT2D eigenvalue weighted by Gasteiger charge is 2.33. The van der Waals surface area contributed by atoms with Crippen LogP contribution in [0.3, 0.4) is 0 Å². The molecule has 6 heteroatoms. The number of aliphatic hydroxyl groups excluding tert-OH is 1. The normalized spacial score (nSPS) is 27.2. The molecule has 6 nitrogen and oxygen atoms in total. The molecule has 0 aromatic heterocycles. The summed E-state index contributed by atoms with van der Waals surface area (Å²) in [6, 6.07) is -0.796. The summed E-state index contributed by atoms with van der Waals surface area (Å²) < 4.78 is 4.33. The van der Waals surface area contributed by atoms with Gasteiger partial charge >= 0.3 is 11.9 Å². The first-order valence-electron chi connectivity index (χ1n) is 4.01. The van der Waals surface area contributed by atoms with E-state index in [0.717, 1.165) is 0 Å². The van der Waals surface area contributed by atoms with Gasteiger partial charge in [-0.15, -0.1) is 0 Å². The summed E-state index contributed by atoms with van der Waals surface area (Å²) in [5, 5.41) is 12.0. The van der Waals surface area contributed by atoms with Crippen molar-refractivity contribution in [3.05, 3.63) is 0 Å². The lowest BCUT2D eigenvalue weighted by molar-refractivity contribution is -0.161. The van der Waals surface area contributed by atoms with Crippen molar-refractivity contribution in [3.8, 4) is 0 Å². The van der Waals surface area contributed by atoms with Gasteiger partial charge in [0, 0.05) is 0 Å². The standard InChI is InChI=1S/C7H12N2O4/c8-3-5(11)13-7(12)6-4(10)1-2-9-6/h4,6,9-10H,1-3,8H2/t4?,6-/m0/s1. The van der Waals surface area contributed by atoms with Gasteiger partial charge in [0.2, 0.25) is 0 Å². The maximum Gasteiger partial charge on any atom is 0.333 e. The lowest BCUT2D eigenvalue weighted by Crippen LogP contribution is -2.41. The molecule has 0 bridgehead atoms. The molecule has 1 heterocycles. The molecule has 4 N–H and O–H groups in total. The Hall–Kier alpha value is -0.980. The Morgan fingerprint density at radius 3 is 2.77 bits per heavy atom. The topological polar surface area (TPSA) is 102 Å². The monoisotopic (exact) mass is 188 g/mol. The van der Waals surface area contributed by atoms with Crippen LogP contribution in [0.25, 0.3) is 0 Å². The third-order valence-electron chi connectivity index (χ3n) is 1.82. The maximum atomic E-state index is 11.1. The van der Waals surface area contributed by atoms with Gasteiger partial charge in [-0.2, -0.15) is 0 Å². The fourth-order valence-corrected chi connectivity index (χ4v) is 1.15. The first kappa shape index (κ1) is 10.1. The SMILES string of the molecule is NCC(=O)OC(=O)[C@H]1NCCC1O. The van der Waals surface area contributed by atoms with Crippen molar-refractivity contribution in [2.24, 2.45) is 5.73 Å². The molecule has 0 amide bonds. The van der Waals surface area contributed by atoms with Crippen LogP contribution in [0.4, 0.5) is 0 Å². The lowest BCUT2D eigenvalue weighted by Gasteiger charge is -2.11. The molecule has 1 saturated heterocycles. The minimum Gasteiger partial charge on any atom is -0.391 e. The van der Waals surface area contributed by atoms with Crippen LogP contribution in [0.2, 0.25) is 0 Å². The summed E-state index contributed by atoms with van der Waals surface area (Å²) in [5.74, 6) is -1.55. The predicted octanol–water partition coefficient (Wildman–Crippen LogP) is -2.26. The molecular weight excluding hydrogens is 176 g/mol. The van der Waals surface area contributed by atoms with Crippen LogP contribution in [0.15, 0.2) is 0 Å². The summed E-state index contributed by atoms with van der Waals surface area (Å²) >= 11 is 0. The van der Waals surface area contributed by atoms with Gasteiger partial charge in [0.15, 0.2) is 0 Å². The Morgan fingerprint density at radius 2 is 2.31 bits per heavy atom. The van der Waals surface area contributed by atoms with Crippen molar-refractivity contribution in [1.29, 1.82) is 0 Å². The van der Waals surface area contributed by atoms with Gasteiger partial charge in [0.05, 0.1) is 12.6 Å². The maximum absolute atomic E-state index is 11.1. The predicted molar refractivity (Wildman–Crippen MR) is 42.6 cm³/mol. The average Bonchev–Trinajstić information content (AvgIpc) is 2.51. The van der Waals surface area contributed by atoms with E-state index in [1.807, 2.05) is 0 Å². The first-order valence-corrected chi connectivity index (χ1v) is 4.01. The number of carbonyl (C=O) groups excluding carboxylic acids is 2. The van der Waals surface area contributed by atoms with E-state index in [1.165, 1.54) is 0 Å². The first-order chi connectivity index (χ1) is 6.15. The zero-order valence-electron chi connectivity index (χ0n) is 7.03. The molecule has 0 aromatic carbocycles. The second-order valence-corrected chi connectivity index (χ2v) is 2.79. The second-order valence-electron chi connectivity index (χ2n) is 2.79. The van der Waals surface area contributed by atoms with Gasteiger partial charge in [-0.05, 0) is 13.0 Å². The number of hydrogen-bond acceptors (Lipinski definition) is 6. The van der Waals surface area contributed by atoms with Crippen molar-refractivity contribution >= 4 is 11.9 Å². The van der Waals surface area contributed by atoms with Gasteiger partial charge in [0.25, 0.3) is 0 Å². The van der Waals surface area contributed by atoms with Crippen molar-refractivity contribution in [3.63, 3.8) is 0 Å². The number of nitrogens with two attached hydrogens (primary N) is 1. The summed E-state index contributed by atoms with van der Waals surface area (Å²) in [6.07, 6.45) is -0.297. The largest absolute Gasteiger partial charge is 0.391 e. The fourth-order valence-electron chi connectivity index (χ4n) is 1.15. The number of aliphatic hydroxyl groups is 1. The van der Waals surface area contributed by atoms with Crippen molar-refractivity contribution in [2.45, 2.75) is 18.6 Å². The van der Waals surface area contributed by atoms with Crippen molar-refractivity contribution < 1.29 is 19.4 Å². The molecule has 1 aliphatic rings. The van der Waals surface area contributed by atoms with E-state index < -0.39 is 24.1 Å². The lowest BCUT2D eigenvalue weighted by atomic mass is 10.2. The molecule has 0 radical (unpaired) electrons. The van der Waals surface area contributed by atoms with Crippen molar-refractivity contribution in [1.82, 2.24) is 5.32 Å². The molecule has 0 saturated carbocycles. The second kappa shape index (κ2) is 4.31. The van der Waals surface area contributed by atoms with Crippen LogP contribution in [0.5, 0.6) is 0 Å². The van der Waals surface area contributed by atoms with E-state index in [1.54, 1.807) is 0 Å². The van der Waals surface area contributed by atoms with E-state index in [-0.39, 0.29) is 6.54 Å². The Morgan fingerprint density at radius 1 is 1.62 bits per heavy atom. The molecule has 1 aliphatic heterocycles. The number of nitrogens with one attached hydrogen (secondary N) is 1. The molecule has 2 atom stereocenters. The minimum absolute atomic E-state index is 0.339. The molecule has 1 rings (SSSR count). The van der Waals surface area contributed by atoms with E-state index in [4.69, 9.17) is 5.73 Å². The van der Waals surface area contributed by atoms with E-state index >= 15 is 0 Å². The molecule has 0 spiro atoms. The van der Waals surface area contributed by atoms with Gasteiger partial charge in [-0.1, -0.05) is 0 Å². The molecule has 1 unspecified atom stereocenters. The summed E-state index contributed by atoms with van der Waals surface area (Å²) in [6.45, 7) is 0.201. The zero-order valence-corrected chi connectivity index (χ0v) is 7.03. The minimum atomic E-state index is -0.796. The number of esters is 2. The Bertz CT molecular complexity index is 219. The van der Waals surface area contributed by atoms with E-state index in [0.29, 0.717) is 13.0 Å². The van der Waals surface area contributed by atoms with Crippen molar-refractivity contribution in [2.75, 3.05) is 13.1 Å². The summed E-state index contributed by atoms with van der Waals surface area (Å²) in [5.41, 5.74) is 4.94. The number of ether oxygens (including phenoxy) is 1. The average molecular weight is 188 g/mol. The third kappa shape index (κ3) is 2.48. The van der Waals surface area contributed by atoms with Crippen LogP contribution in [0.1, 0.15) is 6.42 Å². The van der Waals surface area contributed by atoms with Gasteiger partial charge in [-0.25, -0.2) is 4.79 Å². The number of hydrogen-bond donors (Lipinski definition) is 3. The smallest absolute Gasteiger partial charge is 0.333 e. The quantitative estimate of drug-likeness (QED) is 0.334. The molecule has 0 aromatic rings. The fraction of sp³-hybridized carbons (Fsp3) is 0.714. The molecule has 13 heavy (non-hydrogen) atoms. The van der Waals surface area contributed by atoms with Crippen LogP contribution in [0, 0.1) is 0 Å². The highest BCUT2D eigenvalue weighted by molar-refractivity contribution is 5.89. The highest BCUT2D eigenvalue weighted by Crippen LogP contribution is 2.07. The zero-order chi connectivity index (χ0) is 9.84. The van der Waals surface area contributed by atoms with Gasteiger partial charge < -0.3 is 20.9 Å².